The van der Waals surface area contributed by atoms with Crippen molar-refractivity contribution in [2.75, 3.05) is 20.6 Å². The van der Waals surface area contributed by atoms with E-state index in [4.69, 9.17) is 4.42 Å². The molecule has 3 aromatic carbocycles. The summed E-state index contributed by atoms with van der Waals surface area (Å²) in [5.74, 6) is 0.312. The molecular formula is C25H23FN4O2. The zero-order valence-corrected chi connectivity index (χ0v) is 17.8. The molecule has 1 amide bonds. The maximum absolute atomic E-state index is 13.6. The monoisotopic (exact) mass is 430 g/mol. The molecule has 1 N–H and O–H groups in total. The third-order valence-electron chi connectivity index (χ3n) is 5.15. The van der Waals surface area contributed by atoms with Crippen LogP contribution in [-0.4, -0.2) is 41.6 Å². The SMILES string of the molecule is CN(C)[C@H](CNC(=O)c1ccc(-c2nnc(-c3ccccc3)o2)cc1)c1cccc(F)c1. The third-order valence-corrected chi connectivity index (χ3v) is 5.15. The van der Waals surface area contributed by atoms with E-state index >= 15 is 0 Å². The molecule has 0 saturated heterocycles. The van der Waals surface area contributed by atoms with Crippen molar-refractivity contribution in [2.24, 2.45) is 0 Å². The summed E-state index contributed by atoms with van der Waals surface area (Å²) >= 11 is 0. The topological polar surface area (TPSA) is 71.3 Å². The molecule has 0 radical (unpaired) electrons. The highest BCUT2D eigenvalue weighted by Crippen LogP contribution is 2.24. The summed E-state index contributed by atoms with van der Waals surface area (Å²) < 4.78 is 19.4. The third kappa shape index (κ3) is 4.90. The fourth-order valence-electron chi connectivity index (χ4n) is 3.41. The van der Waals surface area contributed by atoms with E-state index in [9.17, 15) is 9.18 Å². The summed E-state index contributed by atoms with van der Waals surface area (Å²) in [6.45, 7) is 0.348. The van der Waals surface area contributed by atoms with Gasteiger partial charge in [-0.1, -0.05) is 30.3 Å². The average Bonchev–Trinajstić information content (AvgIpc) is 3.30. The zero-order chi connectivity index (χ0) is 22.5. The van der Waals surface area contributed by atoms with Gasteiger partial charge in [0.1, 0.15) is 5.82 Å². The Morgan fingerprint density at radius 1 is 0.938 bits per heavy atom. The molecule has 4 aromatic rings. The molecule has 0 bridgehead atoms. The van der Waals surface area contributed by atoms with Gasteiger partial charge in [0.25, 0.3) is 5.91 Å². The van der Waals surface area contributed by atoms with Gasteiger partial charge in [0.05, 0.1) is 6.04 Å². The van der Waals surface area contributed by atoms with Crippen molar-refractivity contribution in [2.45, 2.75) is 6.04 Å². The van der Waals surface area contributed by atoms with Crippen LogP contribution in [0.3, 0.4) is 0 Å². The molecule has 6 nitrogen and oxygen atoms in total. The van der Waals surface area contributed by atoms with Gasteiger partial charge in [0, 0.05) is 23.2 Å². The van der Waals surface area contributed by atoms with Gasteiger partial charge < -0.3 is 14.6 Å². The molecule has 0 fully saturated rings. The Bertz CT molecular complexity index is 1190. The Labute approximate surface area is 185 Å². The fraction of sp³-hybridized carbons (Fsp3) is 0.160. The van der Waals surface area contributed by atoms with E-state index in [0.29, 0.717) is 23.9 Å². The first kappa shape index (κ1) is 21.4. The number of likely N-dealkylation sites (N-methyl/N-ethyl adjacent to an activating group) is 1. The second-order valence-corrected chi connectivity index (χ2v) is 7.60. The number of hydrogen-bond donors (Lipinski definition) is 1. The van der Waals surface area contributed by atoms with E-state index in [-0.39, 0.29) is 17.8 Å². The number of nitrogens with one attached hydrogen (secondary N) is 1. The first-order valence-corrected chi connectivity index (χ1v) is 10.2. The number of benzene rings is 3. The Morgan fingerprint density at radius 3 is 2.22 bits per heavy atom. The maximum atomic E-state index is 13.6. The smallest absolute Gasteiger partial charge is 0.251 e. The van der Waals surface area contributed by atoms with Gasteiger partial charge in [-0.25, -0.2) is 4.39 Å². The maximum Gasteiger partial charge on any atom is 0.251 e. The molecule has 7 heteroatoms. The van der Waals surface area contributed by atoms with E-state index in [1.807, 2.05) is 55.4 Å². The van der Waals surface area contributed by atoms with Crippen molar-refractivity contribution in [1.82, 2.24) is 20.4 Å². The molecule has 1 heterocycles. The van der Waals surface area contributed by atoms with Gasteiger partial charge >= 0.3 is 0 Å². The van der Waals surface area contributed by atoms with Crippen molar-refractivity contribution in [1.29, 1.82) is 0 Å². The van der Waals surface area contributed by atoms with Gasteiger partial charge in [-0.15, -0.1) is 10.2 Å². The predicted molar refractivity (Wildman–Crippen MR) is 120 cm³/mol. The summed E-state index contributed by atoms with van der Waals surface area (Å²) in [5.41, 5.74) is 2.88. The summed E-state index contributed by atoms with van der Waals surface area (Å²) in [6, 6.07) is 22.8. The van der Waals surface area contributed by atoms with Gasteiger partial charge in [0.2, 0.25) is 11.8 Å². The first-order valence-electron chi connectivity index (χ1n) is 10.2. The number of carbonyl (C=O) groups is 1. The molecule has 0 aliphatic rings. The van der Waals surface area contributed by atoms with Crippen LogP contribution in [0.4, 0.5) is 4.39 Å². The van der Waals surface area contributed by atoms with E-state index in [0.717, 1.165) is 16.7 Å². The number of aromatic nitrogens is 2. The van der Waals surface area contributed by atoms with Crippen LogP contribution in [0.1, 0.15) is 22.0 Å². The van der Waals surface area contributed by atoms with Crippen LogP contribution < -0.4 is 5.32 Å². The lowest BCUT2D eigenvalue weighted by atomic mass is 10.1. The Morgan fingerprint density at radius 2 is 1.59 bits per heavy atom. The molecule has 1 aromatic heterocycles. The van der Waals surface area contributed by atoms with Crippen LogP contribution in [0.25, 0.3) is 22.9 Å². The number of hydrogen-bond acceptors (Lipinski definition) is 5. The second kappa shape index (κ2) is 9.53. The van der Waals surface area contributed by atoms with Crippen molar-refractivity contribution in [3.8, 4) is 22.9 Å². The van der Waals surface area contributed by atoms with Crippen LogP contribution >= 0.6 is 0 Å². The normalized spacial score (nSPS) is 12.0. The molecule has 0 aliphatic carbocycles. The van der Waals surface area contributed by atoms with E-state index in [2.05, 4.69) is 15.5 Å². The molecule has 1 atom stereocenters. The van der Waals surface area contributed by atoms with Crippen LogP contribution in [0.2, 0.25) is 0 Å². The molecule has 0 spiro atoms. The van der Waals surface area contributed by atoms with Crippen LogP contribution in [0, 0.1) is 5.82 Å². The predicted octanol–water partition coefficient (Wildman–Crippen LogP) is 4.58. The highest BCUT2D eigenvalue weighted by molar-refractivity contribution is 5.94. The Kier molecular flexibility index (Phi) is 6.37. The quantitative estimate of drug-likeness (QED) is 0.465. The number of carbonyl (C=O) groups excluding carboxylic acids is 1. The lowest BCUT2D eigenvalue weighted by Crippen LogP contribution is -2.34. The molecular weight excluding hydrogens is 407 g/mol. The fourth-order valence-corrected chi connectivity index (χ4v) is 3.41. The molecule has 162 valence electrons. The van der Waals surface area contributed by atoms with Gasteiger partial charge in [-0.3, -0.25) is 4.79 Å². The second-order valence-electron chi connectivity index (χ2n) is 7.60. The highest BCUT2D eigenvalue weighted by Gasteiger charge is 2.17. The average molecular weight is 430 g/mol. The number of nitrogens with zero attached hydrogens (tertiary/aromatic N) is 3. The van der Waals surface area contributed by atoms with Gasteiger partial charge in [0.15, 0.2) is 0 Å². The van der Waals surface area contributed by atoms with Crippen molar-refractivity contribution in [3.63, 3.8) is 0 Å². The Balaban J connectivity index is 1.42. The van der Waals surface area contributed by atoms with E-state index in [1.54, 1.807) is 30.3 Å². The standard InChI is InChI=1S/C25H23FN4O2/c1-30(2)22(20-9-6-10-21(26)15-20)16-27-23(31)17-11-13-19(14-12-17)25-29-28-24(32-25)18-7-4-3-5-8-18/h3-15,22H,16H2,1-2H3,(H,27,31)/t22-/m1/s1. The molecule has 32 heavy (non-hydrogen) atoms. The minimum absolute atomic E-state index is 0.149. The number of amides is 1. The Hall–Kier alpha value is -3.84. The zero-order valence-electron chi connectivity index (χ0n) is 17.8. The lowest BCUT2D eigenvalue weighted by Gasteiger charge is -2.25. The van der Waals surface area contributed by atoms with E-state index < -0.39 is 0 Å². The summed E-state index contributed by atoms with van der Waals surface area (Å²) in [7, 11) is 3.79. The molecule has 0 saturated carbocycles. The highest BCUT2D eigenvalue weighted by atomic mass is 19.1. The van der Waals surface area contributed by atoms with Gasteiger partial charge in [-0.05, 0) is 68.2 Å². The van der Waals surface area contributed by atoms with Crippen molar-refractivity contribution >= 4 is 5.91 Å². The number of rotatable bonds is 7. The van der Waals surface area contributed by atoms with Crippen LogP contribution in [0.15, 0.2) is 83.3 Å². The lowest BCUT2D eigenvalue weighted by molar-refractivity contribution is 0.0942. The van der Waals surface area contributed by atoms with E-state index in [1.165, 1.54) is 12.1 Å². The number of halogens is 1. The summed E-state index contributed by atoms with van der Waals surface area (Å²) in [6.07, 6.45) is 0. The van der Waals surface area contributed by atoms with Crippen molar-refractivity contribution in [3.05, 3.63) is 95.8 Å². The van der Waals surface area contributed by atoms with Crippen molar-refractivity contribution < 1.29 is 13.6 Å². The molecule has 0 unspecified atom stereocenters. The minimum Gasteiger partial charge on any atom is -0.416 e. The molecule has 0 aliphatic heterocycles. The summed E-state index contributed by atoms with van der Waals surface area (Å²) in [5, 5.41) is 11.1. The van der Waals surface area contributed by atoms with Crippen LogP contribution in [-0.2, 0) is 0 Å². The minimum atomic E-state index is -0.298. The van der Waals surface area contributed by atoms with Gasteiger partial charge in [-0.2, -0.15) is 0 Å². The van der Waals surface area contributed by atoms with Crippen LogP contribution in [0.5, 0.6) is 0 Å². The first-order chi connectivity index (χ1) is 15.5. The molecule has 4 rings (SSSR count). The largest absolute Gasteiger partial charge is 0.416 e. The summed E-state index contributed by atoms with van der Waals surface area (Å²) in [4.78, 5) is 14.6.